The van der Waals surface area contributed by atoms with Crippen LogP contribution >= 0.6 is 27.3 Å². The smallest absolute Gasteiger partial charge is 0.252 e. The van der Waals surface area contributed by atoms with Gasteiger partial charge in [-0.1, -0.05) is 6.07 Å². The first-order chi connectivity index (χ1) is 13.6. The lowest BCUT2D eigenvalue weighted by molar-refractivity contribution is 0.0952. The second-order valence-electron chi connectivity index (χ2n) is 5.72. The number of benzene rings is 1. The fourth-order valence-electron chi connectivity index (χ4n) is 2.82. The molecule has 0 spiro atoms. The number of H-pyrrole nitrogens is 1. The lowest BCUT2D eigenvalue weighted by Crippen LogP contribution is -2.26. The molecular weight excluding hydrogens is 446 g/mol. The van der Waals surface area contributed by atoms with E-state index in [9.17, 15) is 4.79 Å². The Morgan fingerprint density at radius 1 is 1.25 bits per heavy atom. The SMILES string of the molecule is COc1cc(C(=O)NCCc2[nH]cnc2-c2cccs2)c(Br)c(OC)c1OC. The van der Waals surface area contributed by atoms with Crippen LogP contribution in [-0.4, -0.2) is 43.7 Å². The molecule has 0 saturated carbocycles. The molecule has 0 bridgehead atoms. The summed E-state index contributed by atoms with van der Waals surface area (Å²) in [6, 6.07) is 5.63. The molecule has 7 nitrogen and oxygen atoms in total. The number of imidazole rings is 1. The molecular formula is C19H20BrN3O4S. The molecule has 9 heteroatoms. The standard InChI is InChI=1S/C19H20BrN3O4S/c1-25-13-9-11(15(20)18(27-3)17(13)26-2)19(24)21-7-6-12-16(23-10-22-12)14-5-4-8-28-14/h4-5,8-10H,6-7H2,1-3H3,(H,21,24)(H,22,23). The minimum absolute atomic E-state index is 0.247. The molecule has 3 rings (SSSR count). The first kappa shape index (κ1) is 20.2. The first-order valence-corrected chi connectivity index (χ1v) is 10.1. The molecule has 1 amide bonds. The Morgan fingerprint density at radius 3 is 2.68 bits per heavy atom. The molecule has 0 radical (unpaired) electrons. The fourth-order valence-corrected chi connectivity index (χ4v) is 4.20. The predicted molar refractivity (Wildman–Crippen MR) is 112 cm³/mol. The maximum atomic E-state index is 12.7. The quantitative estimate of drug-likeness (QED) is 0.526. The van der Waals surface area contributed by atoms with E-state index in [-0.39, 0.29) is 5.91 Å². The molecule has 148 valence electrons. The van der Waals surface area contributed by atoms with E-state index in [1.165, 1.54) is 21.3 Å². The van der Waals surface area contributed by atoms with Crippen molar-refractivity contribution in [2.24, 2.45) is 0 Å². The first-order valence-electron chi connectivity index (χ1n) is 8.43. The van der Waals surface area contributed by atoms with E-state index in [4.69, 9.17) is 14.2 Å². The van der Waals surface area contributed by atoms with Crippen LogP contribution in [-0.2, 0) is 6.42 Å². The van der Waals surface area contributed by atoms with Crippen molar-refractivity contribution >= 4 is 33.2 Å². The number of aromatic nitrogens is 2. The van der Waals surface area contributed by atoms with Gasteiger partial charge in [-0.3, -0.25) is 4.79 Å². The molecule has 0 unspecified atom stereocenters. The number of rotatable bonds is 8. The molecule has 0 saturated heterocycles. The number of carbonyl (C=O) groups excluding carboxylic acids is 1. The Balaban J connectivity index is 1.73. The highest BCUT2D eigenvalue weighted by atomic mass is 79.9. The normalized spacial score (nSPS) is 10.6. The summed E-state index contributed by atoms with van der Waals surface area (Å²) < 4.78 is 16.5. The van der Waals surface area contributed by atoms with Crippen molar-refractivity contribution in [2.45, 2.75) is 6.42 Å². The van der Waals surface area contributed by atoms with E-state index >= 15 is 0 Å². The van der Waals surface area contributed by atoms with Gasteiger partial charge >= 0.3 is 0 Å². The second kappa shape index (κ2) is 9.11. The van der Waals surface area contributed by atoms with Crippen molar-refractivity contribution in [1.29, 1.82) is 0 Å². The van der Waals surface area contributed by atoms with Crippen molar-refractivity contribution in [3.8, 4) is 27.8 Å². The van der Waals surface area contributed by atoms with Gasteiger partial charge in [-0.2, -0.15) is 0 Å². The monoisotopic (exact) mass is 465 g/mol. The number of nitrogens with zero attached hydrogens (tertiary/aromatic N) is 1. The van der Waals surface area contributed by atoms with Crippen LogP contribution in [0.15, 0.2) is 34.4 Å². The number of nitrogens with one attached hydrogen (secondary N) is 2. The van der Waals surface area contributed by atoms with Crippen LogP contribution in [0.3, 0.4) is 0 Å². The summed E-state index contributed by atoms with van der Waals surface area (Å²) in [5, 5.41) is 4.94. The van der Waals surface area contributed by atoms with E-state index in [0.29, 0.717) is 40.3 Å². The third-order valence-electron chi connectivity index (χ3n) is 4.15. The highest BCUT2D eigenvalue weighted by Crippen LogP contribution is 2.44. The number of aromatic amines is 1. The largest absolute Gasteiger partial charge is 0.493 e. The Hall–Kier alpha value is -2.52. The maximum Gasteiger partial charge on any atom is 0.252 e. The topological polar surface area (TPSA) is 85.5 Å². The van der Waals surface area contributed by atoms with Crippen LogP contribution in [0.5, 0.6) is 17.2 Å². The van der Waals surface area contributed by atoms with Gasteiger partial charge in [0.15, 0.2) is 11.5 Å². The van der Waals surface area contributed by atoms with Gasteiger partial charge in [-0.05, 0) is 33.4 Å². The third kappa shape index (κ3) is 4.00. The number of hydrogen-bond acceptors (Lipinski definition) is 6. The van der Waals surface area contributed by atoms with Crippen molar-refractivity contribution < 1.29 is 19.0 Å². The molecule has 0 atom stereocenters. The summed E-state index contributed by atoms with van der Waals surface area (Å²) in [7, 11) is 4.54. The van der Waals surface area contributed by atoms with Crippen molar-refractivity contribution in [1.82, 2.24) is 15.3 Å². The molecule has 0 aliphatic heterocycles. The Labute approximate surface area is 175 Å². The van der Waals surface area contributed by atoms with Crippen LogP contribution < -0.4 is 19.5 Å². The zero-order chi connectivity index (χ0) is 20.1. The van der Waals surface area contributed by atoms with Gasteiger partial charge in [-0.15, -0.1) is 11.3 Å². The summed E-state index contributed by atoms with van der Waals surface area (Å²) in [6.45, 7) is 0.447. The average Bonchev–Trinajstić information content (AvgIpc) is 3.38. The van der Waals surface area contributed by atoms with Crippen LogP contribution in [0.25, 0.3) is 10.6 Å². The van der Waals surface area contributed by atoms with E-state index < -0.39 is 0 Å². The Bertz CT molecular complexity index is 956. The molecule has 28 heavy (non-hydrogen) atoms. The van der Waals surface area contributed by atoms with Crippen LogP contribution in [0.2, 0.25) is 0 Å². The lowest BCUT2D eigenvalue weighted by Gasteiger charge is -2.16. The number of hydrogen-bond donors (Lipinski definition) is 2. The number of halogens is 1. The van der Waals surface area contributed by atoms with Gasteiger partial charge in [0.05, 0.1) is 42.6 Å². The van der Waals surface area contributed by atoms with Gasteiger partial charge in [-0.25, -0.2) is 4.98 Å². The zero-order valence-electron chi connectivity index (χ0n) is 15.7. The van der Waals surface area contributed by atoms with Crippen molar-refractivity contribution in [3.05, 3.63) is 45.6 Å². The van der Waals surface area contributed by atoms with E-state index in [1.807, 2.05) is 17.5 Å². The predicted octanol–water partition coefficient (Wildman–Crippen LogP) is 3.90. The van der Waals surface area contributed by atoms with Crippen molar-refractivity contribution in [3.63, 3.8) is 0 Å². The molecule has 0 aliphatic carbocycles. The van der Waals surface area contributed by atoms with Gasteiger partial charge in [0, 0.05) is 18.7 Å². The highest BCUT2D eigenvalue weighted by Gasteiger charge is 2.22. The maximum absolute atomic E-state index is 12.7. The number of carbonyl (C=O) groups is 1. The second-order valence-corrected chi connectivity index (χ2v) is 7.46. The van der Waals surface area contributed by atoms with Gasteiger partial charge < -0.3 is 24.5 Å². The average molecular weight is 466 g/mol. The minimum atomic E-state index is -0.247. The molecule has 2 aromatic heterocycles. The number of thiophene rings is 1. The van der Waals surface area contributed by atoms with Crippen molar-refractivity contribution in [2.75, 3.05) is 27.9 Å². The fraction of sp³-hybridized carbons (Fsp3) is 0.263. The molecule has 0 fully saturated rings. The van der Waals surface area contributed by atoms with Gasteiger partial charge in [0.25, 0.3) is 5.91 Å². The third-order valence-corrected chi connectivity index (χ3v) is 5.81. The van der Waals surface area contributed by atoms with E-state index in [0.717, 1.165) is 16.3 Å². The summed E-state index contributed by atoms with van der Waals surface area (Å²) in [6.07, 6.45) is 2.29. The van der Waals surface area contributed by atoms with E-state index in [1.54, 1.807) is 23.7 Å². The van der Waals surface area contributed by atoms with Gasteiger partial charge in [0.2, 0.25) is 5.75 Å². The number of amides is 1. The summed E-state index contributed by atoms with van der Waals surface area (Å²) in [5.41, 5.74) is 2.29. The molecule has 1 aromatic carbocycles. The van der Waals surface area contributed by atoms with Crippen LogP contribution in [0.4, 0.5) is 0 Å². The van der Waals surface area contributed by atoms with Gasteiger partial charge in [0.1, 0.15) is 5.69 Å². The molecule has 2 N–H and O–H groups in total. The number of methoxy groups -OCH3 is 3. The molecule has 2 heterocycles. The number of ether oxygens (including phenoxy) is 3. The Morgan fingerprint density at radius 2 is 2.04 bits per heavy atom. The van der Waals surface area contributed by atoms with E-state index in [2.05, 4.69) is 31.2 Å². The van der Waals surface area contributed by atoms with Crippen LogP contribution in [0, 0.1) is 0 Å². The Kier molecular flexibility index (Phi) is 6.58. The molecule has 3 aromatic rings. The molecule has 0 aliphatic rings. The summed E-state index contributed by atoms with van der Waals surface area (Å²) >= 11 is 5.06. The minimum Gasteiger partial charge on any atom is -0.493 e. The zero-order valence-corrected chi connectivity index (χ0v) is 18.1. The lowest BCUT2D eigenvalue weighted by atomic mass is 10.1. The summed E-state index contributed by atoms with van der Waals surface area (Å²) in [5.74, 6) is 0.997. The summed E-state index contributed by atoms with van der Waals surface area (Å²) in [4.78, 5) is 21.3. The highest BCUT2D eigenvalue weighted by molar-refractivity contribution is 9.10. The van der Waals surface area contributed by atoms with Crippen LogP contribution in [0.1, 0.15) is 16.1 Å².